The van der Waals surface area contributed by atoms with Crippen molar-refractivity contribution < 1.29 is 22.7 Å². The van der Waals surface area contributed by atoms with Gasteiger partial charge in [0.15, 0.2) is 11.6 Å². The van der Waals surface area contributed by atoms with Crippen LogP contribution in [0.5, 0.6) is 0 Å². The van der Waals surface area contributed by atoms with Crippen LogP contribution in [0.25, 0.3) is 0 Å². The highest BCUT2D eigenvalue weighted by Gasteiger charge is 2.41. The van der Waals surface area contributed by atoms with E-state index in [0.717, 1.165) is 6.07 Å². The van der Waals surface area contributed by atoms with Crippen molar-refractivity contribution in [1.82, 2.24) is 4.98 Å². The first-order chi connectivity index (χ1) is 9.86. The van der Waals surface area contributed by atoms with E-state index in [1.807, 2.05) is 0 Å². The Balaban J connectivity index is 2.34. The lowest BCUT2D eigenvalue weighted by Crippen LogP contribution is -2.31. The number of hydrogen-bond donors (Lipinski definition) is 2. The molecule has 0 amide bonds. The van der Waals surface area contributed by atoms with Crippen molar-refractivity contribution in [3.05, 3.63) is 65.0 Å². The third-order valence-electron chi connectivity index (χ3n) is 3.04. The van der Waals surface area contributed by atoms with Gasteiger partial charge in [-0.15, -0.1) is 0 Å². The molecule has 2 rings (SSSR count). The van der Waals surface area contributed by atoms with Gasteiger partial charge in [-0.3, -0.25) is 4.98 Å². The number of hydrogen-bond acceptors (Lipinski definition) is 3. The molecule has 21 heavy (non-hydrogen) atoms. The van der Waals surface area contributed by atoms with E-state index in [1.165, 1.54) is 18.3 Å². The standard InChI is InChI=1S/C14H12F4N2O/c15-10-3-2-9(5-11(10)16)14(17,18)13(19)12-4-1-8(7-21)6-20-12/h1-6,13,21H,7,19H2. The first-order valence-corrected chi connectivity index (χ1v) is 6.01. The quantitative estimate of drug-likeness (QED) is 0.853. The van der Waals surface area contributed by atoms with Crippen LogP contribution in [0.1, 0.15) is 22.9 Å². The summed E-state index contributed by atoms with van der Waals surface area (Å²) < 4.78 is 54.3. The second kappa shape index (κ2) is 5.79. The second-order valence-corrected chi connectivity index (χ2v) is 4.48. The van der Waals surface area contributed by atoms with Crippen molar-refractivity contribution >= 4 is 0 Å². The van der Waals surface area contributed by atoms with Crippen LogP contribution in [0, 0.1) is 11.6 Å². The summed E-state index contributed by atoms with van der Waals surface area (Å²) >= 11 is 0. The summed E-state index contributed by atoms with van der Waals surface area (Å²) in [5.74, 6) is -6.21. The molecule has 1 atom stereocenters. The molecule has 1 heterocycles. The fourth-order valence-corrected chi connectivity index (χ4v) is 1.78. The summed E-state index contributed by atoms with van der Waals surface area (Å²) in [4.78, 5) is 3.75. The van der Waals surface area contributed by atoms with Crippen LogP contribution in [0.15, 0.2) is 36.5 Å². The molecule has 1 aromatic heterocycles. The first-order valence-electron chi connectivity index (χ1n) is 6.01. The Morgan fingerprint density at radius 1 is 1.14 bits per heavy atom. The molecular formula is C14H12F4N2O. The predicted molar refractivity (Wildman–Crippen MR) is 67.3 cm³/mol. The molecule has 0 radical (unpaired) electrons. The molecule has 3 nitrogen and oxygen atoms in total. The fourth-order valence-electron chi connectivity index (χ4n) is 1.78. The molecule has 0 fully saturated rings. The van der Waals surface area contributed by atoms with Crippen molar-refractivity contribution in [2.75, 3.05) is 0 Å². The molecule has 3 N–H and O–H groups in total. The van der Waals surface area contributed by atoms with E-state index in [4.69, 9.17) is 10.8 Å². The van der Waals surface area contributed by atoms with Crippen LogP contribution < -0.4 is 5.73 Å². The Hall–Kier alpha value is -1.99. The molecule has 0 aliphatic heterocycles. The molecule has 7 heteroatoms. The molecule has 2 aromatic rings. The summed E-state index contributed by atoms with van der Waals surface area (Å²) in [5, 5.41) is 8.86. The number of halogens is 4. The minimum Gasteiger partial charge on any atom is -0.392 e. The molecule has 112 valence electrons. The molecule has 0 spiro atoms. The average Bonchev–Trinajstić information content (AvgIpc) is 2.49. The van der Waals surface area contributed by atoms with Crippen LogP contribution in [-0.2, 0) is 12.5 Å². The van der Waals surface area contributed by atoms with Gasteiger partial charge in [-0.25, -0.2) is 8.78 Å². The largest absolute Gasteiger partial charge is 0.392 e. The van der Waals surface area contributed by atoms with Gasteiger partial charge in [0.1, 0.15) is 6.04 Å². The number of pyridine rings is 1. The number of aliphatic hydroxyl groups is 1. The molecule has 0 saturated carbocycles. The van der Waals surface area contributed by atoms with E-state index in [2.05, 4.69) is 4.98 Å². The van der Waals surface area contributed by atoms with E-state index >= 15 is 0 Å². The third kappa shape index (κ3) is 3.03. The highest BCUT2D eigenvalue weighted by molar-refractivity contribution is 5.27. The summed E-state index contributed by atoms with van der Waals surface area (Å²) in [6, 6.07) is 2.65. The van der Waals surface area contributed by atoms with Gasteiger partial charge < -0.3 is 10.8 Å². The highest BCUT2D eigenvalue weighted by atomic mass is 19.3. The summed E-state index contributed by atoms with van der Waals surface area (Å²) in [6.45, 7) is -0.276. The summed E-state index contributed by atoms with van der Waals surface area (Å²) in [7, 11) is 0. The Bertz CT molecular complexity index is 631. The first kappa shape index (κ1) is 15.4. The van der Waals surface area contributed by atoms with E-state index in [0.29, 0.717) is 17.7 Å². The highest BCUT2D eigenvalue weighted by Crippen LogP contribution is 2.38. The Kier molecular flexibility index (Phi) is 4.24. The smallest absolute Gasteiger partial charge is 0.293 e. The van der Waals surface area contributed by atoms with Gasteiger partial charge in [-0.2, -0.15) is 8.78 Å². The number of alkyl halides is 2. The number of aliphatic hydroxyl groups excluding tert-OH is 1. The van der Waals surface area contributed by atoms with E-state index in [9.17, 15) is 17.6 Å². The number of benzene rings is 1. The minimum absolute atomic E-state index is 0.123. The van der Waals surface area contributed by atoms with Crippen LogP contribution >= 0.6 is 0 Å². The lowest BCUT2D eigenvalue weighted by molar-refractivity contribution is -0.0340. The van der Waals surface area contributed by atoms with Crippen molar-refractivity contribution in [3.63, 3.8) is 0 Å². The molecule has 0 saturated heterocycles. The van der Waals surface area contributed by atoms with Crippen LogP contribution in [0.4, 0.5) is 17.6 Å². The molecule has 1 aromatic carbocycles. The van der Waals surface area contributed by atoms with Crippen molar-refractivity contribution in [1.29, 1.82) is 0 Å². The zero-order valence-electron chi connectivity index (χ0n) is 10.7. The topological polar surface area (TPSA) is 59.1 Å². The van der Waals surface area contributed by atoms with Crippen molar-refractivity contribution in [2.45, 2.75) is 18.6 Å². The maximum absolute atomic E-state index is 14.2. The monoisotopic (exact) mass is 300 g/mol. The fraction of sp³-hybridized carbons (Fsp3) is 0.214. The van der Waals surface area contributed by atoms with Crippen molar-refractivity contribution in [2.24, 2.45) is 5.73 Å². The normalized spacial score (nSPS) is 13.2. The van der Waals surface area contributed by atoms with Gasteiger partial charge in [-0.05, 0) is 29.8 Å². The summed E-state index contributed by atoms with van der Waals surface area (Å²) in [5.41, 5.74) is 5.08. The van der Waals surface area contributed by atoms with Gasteiger partial charge in [0.05, 0.1) is 12.3 Å². The lowest BCUT2D eigenvalue weighted by Gasteiger charge is -2.23. The minimum atomic E-state index is -3.62. The van der Waals surface area contributed by atoms with Crippen LogP contribution in [0.3, 0.4) is 0 Å². The van der Waals surface area contributed by atoms with E-state index < -0.39 is 29.2 Å². The summed E-state index contributed by atoms with van der Waals surface area (Å²) in [6.07, 6.45) is 1.22. The lowest BCUT2D eigenvalue weighted by atomic mass is 9.98. The third-order valence-corrected chi connectivity index (χ3v) is 3.04. The van der Waals surface area contributed by atoms with Gasteiger partial charge in [-0.1, -0.05) is 6.07 Å². The van der Waals surface area contributed by atoms with Gasteiger partial charge in [0.25, 0.3) is 5.92 Å². The SMILES string of the molecule is NC(c1ccc(CO)cn1)C(F)(F)c1ccc(F)c(F)c1. The number of aromatic nitrogens is 1. The van der Waals surface area contributed by atoms with Crippen LogP contribution in [0.2, 0.25) is 0 Å². The Morgan fingerprint density at radius 2 is 1.86 bits per heavy atom. The maximum atomic E-state index is 14.2. The zero-order chi connectivity index (χ0) is 15.6. The number of rotatable bonds is 4. The van der Waals surface area contributed by atoms with Gasteiger partial charge in [0, 0.05) is 11.8 Å². The molecule has 0 bridgehead atoms. The molecule has 0 aliphatic rings. The predicted octanol–water partition coefficient (Wildman–Crippen LogP) is 2.64. The molecule has 0 aliphatic carbocycles. The Morgan fingerprint density at radius 3 is 2.38 bits per heavy atom. The van der Waals surface area contributed by atoms with Gasteiger partial charge >= 0.3 is 0 Å². The molecule has 1 unspecified atom stereocenters. The average molecular weight is 300 g/mol. The Labute approximate surface area is 118 Å². The number of nitrogens with two attached hydrogens (primary N) is 1. The van der Waals surface area contributed by atoms with E-state index in [1.54, 1.807) is 0 Å². The second-order valence-electron chi connectivity index (χ2n) is 4.48. The zero-order valence-corrected chi connectivity index (χ0v) is 10.7. The maximum Gasteiger partial charge on any atom is 0.293 e. The van der Waals surface area contributed by atoms with Gasteiger partial charge in [0.2, 0.25) is 0 Å². The van der Waals surface area contributed by atoms with Crippen LogP contribution in [-0.4, -0.2) is 10.1 Å². The molecular weight excluding hydrogens is 288 g/mol. The van der Waals surface area contributed by atoms with Crippen molar-refractivity contribution in [3.8, 4) is 0 Å². The number of nitrogens with zero attached hydrogens (tertiary/aromatic N) is 1. The van der Waals surface area contributed by atoms with E-state index in [-0.39, 0.29) is 12.3 Å².